The Bertz CT molecular complexity index is 597. The summed E-state index contributed by atoms with van der Waals surface area (Å²) < 4.78 is 10.5. The molecular formula is C16H17NO4. The summed E-state index contributed by atoms with van der Waals surface area (Å²) in [5.74, 6) is 0.315. The molecule has 0 bridgehead atoms. The van der Waals surface area contributed by atoms with Crippen LogP contribution < -0.4 is 14.4 Å². The van der Waals surface area contributed by atoms with E-state index in [9.17, 15) is 9.59 Å². The average molecular weight is 287 g/mol. The number of methoxy groups -OCH3 is 2. The minimum absolute atomic E-state index is 0.141. The van der Waals surface area contributed by atoms with Gasteiger partial charge in [-0.1, -0.05) is 12.2 Å². The summed E-state index contributed by atoms with van der Waals surface area (Å²) in [6.45, 7) is 0. The highest BCUT2D eigenvalue weighted by molar-refractivity contribution is 6.22. The second kappa shape index (κ2) is 5.24. The quantitative estimate of drug-likeness (QED) is 0.631. The van der Waals surface area contributed by atoms with Crippen LogP contribution in [0.15, 0.2) is 30.4 Å². The molecule has 5 nitrogen and oxygen atoms in total. The molecule has 2 unspecified atom stereocenters. The summed E-state index contributed by atoms with van der Waals surface area (Å²) in [7, 11) is 3.07. The van der Waals surface area contributed by atoms with Crippen molar-refractivity contribution in [2.75, 3.05) is 19.1 Å². The van der Waals surface area contributed by atoms with Gasteiger partial charge in [-0.05, 0) is 25.0 Å². The molecule has 1 aliphatic carbocycles. The zero-order valence-electron chi connectivity index (χ0n) is 12.0. The molecular weight excluding hydrogens is 270 g/mol. The number of carbonyl (C=O) groups excluding carboxylic acids is 2. The molecule has 0 N–H and O–H groups in total. The molecule has 3 rings (SSSR count). The average Bonchev–Trinajstić information content (AvgIpc) is 2.79. The largest absolute Gasteiger partial charge is 0.497 e. The Kier molecular flexibility index (Phi) is 3.41. The molecule has 21 heavy (non-hydrogen) atoms. The number of amides is 2. The molecule has 2 aliphatic rings. The van der Waals surface area contributed by atoms with Gasteiger partial charge in [0.05, 0.1) is 31.7 Å². The number of nitrogens with zero attached hydrogens (tertiary/aromatic N) is 1. The van der Waals surface area contributed by atoms with Crippen molar-refractivity contribution in [3.05, 3.63) is 30.4 Å². The fraction of sp³-hybridized carbons (Fsp3) is 0.375. The Morgan fingerprint density at radius 1 is 1.00 bits per heavy atom. The van der Waals surface area contributed by atoms with E-state index in [0.29, 0.717) is 30.0 Å². The van der Waals surface area contributed by atoms with Gasteiger partial charge in [0, 0.05) is 6.07 Å². The number of anilines is 1. The van der Waals surface area contributed by atoms with Crippen molar-refractivity contribution in [3.8, 4) is 11.5 Å². The number of rotatable bonds is 3. The number of carbonyl (C=O) groups is 2. The maximum atomic E-state index is 12.6. The Hall–Kier alpha value is -2.30. The lowest BCUT2D eigenvalue weighted by atomic mass is 9.85. The zero-order chi connectivity index (χ0) is 15.0. The summed E-state index contributed by atoms with van der Waals surface area (Å²) in [6, 6.07) is 5.09. The van der Waals surface area contributed by atoms with E-state index in [1.54, 1.807) is 25.3 Å². The van der Waals surface area contributed by atoms with Crippen LogP contribution in [0.25, 0.3) is 0 Å². The summed E-state index contributed by atoms with van der Waals surface area (Å²) in [4.78, 5) is 26.4. The second-order valence-corrected chi connectivity index (χ2v) is 5.21. The molecule has 5 heteroatoms. The van der Waals surface area contributed by atoms with Crippen molar-refractivity contribution in [2.45, 2.75) is 12.8 Å². The molecule has 1 aliphatic heterocycles. The third kappa shape index (κ3) is 2.09. The van der Waals surface area contributed by atoms with E-state index in [0.717, 1.165) is 0 Å². The first kappa shape index (κ1) is 13.7. The van der Waals surface area contributed by atoms with Crippen molar-refractivity contribution >= 4 is 17.5 Å². The highest BCUT2D eigenvalue weighted by Gasteiger charge is 2.48. The highest BCUT2D eigenvalue weighted by atomic mass is 16.5. The van der Waals surface area contributed by atoms with Crippen molar-refractivity contribution in [3.63, 3.8) is 0 Å². The number of benzene rings is 1. The molecule has 1 aromatic carbocycles. The van der Waals surface area contributed by atoms with Crippen molar-refractivity contribution in [2.24, 2.45) is 11.8 Å². The fourth-order valence-corrected chi connectivity index (χ4v) is 3.01. The fourth-order valence-electron chi connectivity index (χ4n) is 3.01. The molecule has 2 atom stereocenters. The summed E-state index contributed by atoms with van der Waals surface area (Å²) in [5.41, 5.74) is 0.489. The van der Waals surface area contributed by atoms with E-state index in [1.807, 2.05) is 12.2 Å². The zero-order valence-corrected chi connectivity index (χ0v) is 12.0. The van der Waals surface area contributed by atoms with Crippen LogP contribution in [0.4, 0.5) is 5.69 Å². The molecule has 1 aromatic rings. The maximum Gasteiger partial charge on any atom is 0.238 e. The van der Waals surface area contributed by atoms with Crippen LogP contribution in [0.5, 0.6) is 11.5 Å². The first-order chi connectivity index (χ1) is 10.2. The van der Waals surface area contributed by atoms with Crippen LogP contribution in [0.2, 0.25) is 0 Å². The first-order valence-corrected chi connectivity index (χ1v) is 6.92. The topological polar surface area (TPSA) is 55.8 Å². The van der Waals surface area contributed by atoms with Crippen LogP contribution in [0.1, 0.15) is 12.8 Å². The van der Waals surface area contributed by atoms with E-state index in [-0.39, 0.29) is 23.7 Å². The molecule has 1 fully saturated rings. The second-order valence-electron chi connectivity index (χ2n) is 5.21. The third-order valence-corrected chi connectivity index (χ3v) is 4.14. The lowest BCUT2D eigenvalue weighted by Gasteiger charge is -2.18. The standard InChI is InChI=1S/C16H17NO4/c1-20-10-7-8-13(14(9-10)21-2)17-15(18)11-5-3-4-6-12(11)16(17)19/h3-4,7-9,11-12H,5-6H2,1-2H3. The minimum Gasteiger partial charge on any atom is -0.497 e. The van der Waals surface area contributed by atoms with Crippen LogP contribution >= 0.6 is 0 Å². The molecule has 2 amide bonds. The molecule has 0 radical (unpaired) electrons. The lowest BCUT2D eigenvalue weighted by molar-refractivity contribution is -0.122. The van der Waals surface area contributed by atoms with Gasteiger partial charge < -0.3 is 9.47 Å². The SMILES string of the molecule is COc1ccc(N2C(=O)C3CC=CCC3C2=O)c(OC)c1. The van der Waals surface area contributed by atoms with Gasteiger partial charge >= 0.3 is 0 Å². The van der Waals surface area contributed by atoms with Crippen LogP contribution in [0, 0.1) is 11.8 Å². The van der Waals surface area contributed by atoms with Gasteiger partial charge in [-0.2, -0.15) is 0 Å². The Balaban J connectivity index is 2.01. The number of hydrogen-bond acceptors (Lipinski definition) is 4. The van der Waals surface area contributed by atoms with Crippen LogP contribution in [-0.2, 0) is 9.59 Å². The molecule has 0 spiro atoms. The van der Waals surface area contributed by atoms with E-state index in [4.69, 9.17) is 9.47 Å². The highest BCUT2D eigenvalue weighted by Crippen LogP contribution is 2.41. The van der Waals surface area contributed by atoms with Gasteiger partial charge in [0.1, 0.15) is 11.5 Å². The van der Waals surface area contributed by atoms with Gasteiger partial charge in [0.2, 0.25) is 11.8 Å². The predicted molar refractivity (Wildman–Crippen MR) is 77.4 cm³/mol. The molecule has 0 saturated carbocycles. The number of ether oxygens (including phenoxy) is 2. The maximum absolute atomic E-state index is 12.6. The molecule has 0 aromatic heterocycles. The normalized spacial score (nSPS) is 24.2. The van der Waals surface area contributed by atoms with Crippen molar-refractivity contribution in [1.82, 2.24) is 0 Å². The summed E-state index contributed by atoms with van der Waals surface area (Å²) in [6.07, 6.45) is 5.20. The number of imide groups is 1. The van der Waals surface area contributed by atoms with E-state index < -0.39 is 0 Å². The Morgan fingerprint density at radius 2 is 1.62 bits per heavy atom. The van der Waals surface area contributed by atoms with E-state index >= 15 is 0 Å². The van der Waals surface area contributed by atoms with Crippen molar-refractivity contribution in [1.29, 1.82) is 0 Å². The van der Waals surface area contributed by atoms with Gasteiger partial charge in [-0.25, -0.2) is 4.90 Å². The molecule has 1 saturated heterocycles. The number of allylic oxidation sites excluding steroid dienone is 2. The first-order valence-electron chi connectivity index (χ1n) is 6.92. The van der Waals surface area contributed by atoms with Crippen molar-refractivity contribution < 1.29 is 19.1 Å². The van der Waals surface area contributed by atoms with E-state index in [2.05, 4.69) is 0 Å². The monoisotopic (exact) mass is 287 g/mol. The van der Waals surface area contributed by atoms with Gasteiger partial charge in [-0.15, -0.1) is 0 Å². The smallest absolute Gasteiger partial charge is 0.238 e. The van der Waals surface area contributed by atoms with Crippen LogP contribution in [-0.4, -0.2) is 26.0 Å². The lowest BCUT2D eigenvalue weighted by Crippen LogP contribution is -2.31. The summed E-state index contributed by atoms with van der Waals surface area (Å²) in [5, 5.41) is 0. The van der Waals surface area contributed by atoms with Crippen LogP contribution in [0.3, 0.4) is 0 Å². The van der Waals surface area contributed by atoms with Gasteiger partial charge in [0.25, 0.3) is 0 Å². The van der Waals surface area contributed by atoms with E-state index in [1.165, 1.54) is 12.0 Å². The minimum atomic E-state index is -0.241. The van der Waals surface area contributed by atoms with Gasteiger partial charge in [0.15, 0.2) is 0 Å². The Morgan fingerprint density at radius 3 is 2.14 bits per heavy atom. The molecule has 1 heterocycles. The third-order valence-electron chi connectivity index (χ3n) is 4.14. The summed E-state index contributed by atoms with van der Waals surface area (Å²) >= 11 is 0. The molecule has 110 valence electrons. The number of fused-ring (bicyclic) bond motifs is 1. The predicted octanol–water partition coefficient (Wildman–Crippen LogP) is 2.16. The van der Waals surface area contributed by atoms with Gasteiger partial charge in [-0.3, -0.25) is 9.59 Å². The Labute approximate surface area is 123 Å². The number of hydrogen-bond donors (Lipinski definition) is 0.